The predicted molar refractivity (Wildman–Crippen MR) is 42.7 cm³/mol. The molecule has 0 rings (SSSR count). The summed E-state index contributed by atoms with van der Waals surface area (Å²) in [5, 5.41) is 0. The van der Waals surface area contributed by atoms with Crippen molar-refractivity contribution < 1.29 is 0 Å². The fourth-order valence-electron chi connectivity index (χ4n) is 0.607. The zero-order valence-corrected chi connectivity index (χ0v) is 5.93. The number of aliphatic imine (C=N–C) groups is 1. The van der Waals surface area contributed by atoms with Crippen molar-refractivity contribution in [2.24, 2.45) is 4.99 Å². The molecule has 9 heavy (non-hydrogen) atoms. The lowest BCUT2D eigenvalue weighted by Crippen LogP contribution is -1.74. The summed E-state index contributed by atoms with van der Waals surface area (Å²) in [5.74, 6) is 0. The van der Waals surface area contributed by atoms with E-state index >= 15 is 0 Å². The highest BCUT2D eigenvalue weighted by atomic mass is 14.7. The Morgan fingerprint density at radius 1 is 1.67 bits per heavy atom. The van der Waals surface area contributed by atoms with Crippen LogP contribution < -0.4 is 0 Å². The molecule has 0 fully saturated rings. The fourth-order valence-corrected chi connectivity index (χ4v) is 0.607. The van der Waals surface area contributed by atoms with Gasteiger partial charge in [0.15, 0.2) is 0 Å². The van der Waals surface area contributed by atoms with Crippen LogP contribution in [0.25, 0.3) is 0 Å². The van der Waals surface area contributed by atoms with Crippen molar-refractivity contribution in [1.29, 1.82) is 0 Å². The van der Waals surface area contributed by atoms with E-state index in [4.69, 9.17) is 0 Å². The first kappa shape index (κ1) is 8.15. The highest BCUT2D eigenvalue weighted by molar-refractivity contribution is 5.29. The molecule has 0 aliphatic rings. The molecule has 0 N–H and O–H groups in total. The zero-order valence-electron chi connectivity index (χ0n) is 5.93. The first-order chi connectivity index (χ1) is 4.35. The maximum absolute atomic E-state index is 3.81. The van der Waals surface area contributed by atoms with Gasteiger partial charge in [-0.1, -0.05) is 26.0 Å². The molecule has 0 amide bonds. The molecule has 0 atom stereocenters. The van der Waals surface area contributed by atoms with Gasteiger partial charge in [-0.2, -0.15) is 0 Å². The third-order valence-corrected chi connectivity index (χ3v) is 1.02. The van der Waals surface area contributed by atoms with Crippen LogP contribution in [-0.2, 0) is 0 Å². The third-order valence-electron chi connectivity index (χ3n) is 1.02. The van der Waals surface area contributed by atoms with Crippen molar-refractivity contribution in [3.8, 4) is 0 Å². The Balaban J connectivity index is 3.80. The van der Waals surface area contributed by atoms with Crippen LogP contribution in [0.4, 0.5) is 0 Å². The summed E-state index contributed by atoms with van der Waals surface area (Å²) >= 11 is 0. The van der Waals surface area contributed by atoms with E-state index in [0.29, 0.717) is 0 Å². The normalized spacial score (nSPS) is 11.0. The molecule has 1 nitrogen and oxygen atoms in total. The molecular formula is C8H13N. The Morgan fingerprint density at radius 3 is 2.67 bits per heavy atom. The van der Waals surface area contributed by atoms with Crippen LogP contribution in [0.5, 0.6) is 0 Å². The van der Waals surface area contributed by atoms with E-state index in [1.54, 1.807) is 6.08 Å². The molecule has 0 bridgehead atoms. The summed E-state index contributed by atoms with van der Waals surface area (Å²) in [6.45, 7) is 9.11. The van der Waals surface area contributed by atoms with Crippen molar-refractivity contribution in [2.75, 3.05) is 0 Å². The maximum Gasteiger partial charge on any atom is 0.0396 e. The topological polar surface area (TPSA) is 12.4 Å². The Morgan fingerprint density at radius 2 is 2.33 bits per heavy atom. The van der Waals surface area contributed by atoms with Crippen molar-refractivity contribution in [2.45, 2.75) is 19.8 Å². The minimum Gasteiger partial charge on any atom is -0.269 e. The van der Waals surface area contributed by atoms with Gasteiger partial charge in [-0.05, 0) is 19.2 Å². The monoisotopic (exact) mass is 123 g/mol. The van der Waals surface area contributed by atoms with Crippen LogP contribution in [-0.4, -0.2) is 6.72 Å². The van der Waals surface area contributed by atoms with E-state index in [9.17, 15) is 0 Å². The van der Waals surface area contributed by atoms with Crippen LogP contribution in [0.15, 0.2) is 29.4 Å². The highest BCUT2D eigenvalue weighted by Gasteiger charge is 1.85. The van der Waals surface area contributed by atoms with Crippen molar-refractivity contribution in [1.82, 2.24) is 0 Å². The Bertz CT molecular complexity index is 123. The molecule has 0 spiro atoms. The van der Waals surface area contributed by atoms with Crippen LogP contribution >= 0.6 is 0 Å². The van der Waals surface area contributed by atoms with Gasteiger partial charge in [0.25, 0.3) is 0 Å². The molecule has 0 saturated carbocycles. The number of nitrogens with zero attached hydrogens (tertiary/aromatic N) is 1. The van der Waals surface area contributed by atoms with Gasteiger partial charge in [-0.15, -0.1) is 0 Å². The van der Waals surface area contributed by atoms with Crippen molar-refractivity contribution in [3.63, 3.8) is 0 Å². The fraction of sp³-hybridized carbons (Fsp3) is 0.375. The quantitative estimate of drug-likeness (QED) is 0.402. The Labute approximate surface area is 56.8 Å². The standard InChI is InChI=1S/C8H13N/c1-4-6-8(9-3)7-5-2/h4,6H,1,3,5,7H2,2H3/b8-6-. The van der Waals surface area contributed by atoms with Crippen LogP contribution in [0.1, 0.15) is 19.8 Å². The van der Waals surface area contributed by atoms with E-state index in [2.05, 4.69) is 25.2 Å². The Hall–Kier alpha value is -0.850. The smallest absolute Gasteiger partial charge is 0.0396 e. The summed E-state index contributed by atoms with van der Waals surface area (Å²) in [6.07, 6.45) is 5.73. The summed E-state index contributed by atoms with van der Waals surface area (Å²) < 4.78 is 0. The van der Waals surface area contributed by atoms with E-state index in [1.807, 2.05) is 6.08 Å². The second-order valence-corrected chi connectivity index (χ2v) is 1.80. The zero-order chi connectivity index (χ0) is 7.11. The minimum absolute atomic E-state index is 0.996. The van der Waals surface area contributed by atoms with Gasteiger partial charge in [0.1, 0.15) is 0 Å². The summed E-state index contributed by atoms with van der Waals surface area (Å²) in [7, 11) is 0. The summed E-state index contributed by atoms with van der Waals surface area (Å²) in [4.78, 5) is 3.81. The van der Waals surface area contributed by atoms with Gasteiger partial charge in [0.2, 0.25) is 0 Å². The molecule has 0 saturated heterocycles. The molecular weight excluding hydrogens is 110 g/mol. The number of hydrogen-bond acceptors (Lipinski definition) is 1. The predicted octanol–water partition coefficient (Wildman–Crippen LogP) is 2.56. The van der Waals surface area contributed by atoms with Gasteiger partial charge >= 0.3 is 0 Å². The Kier molecular flexibility index (Phi) is 4.79. The van der Waals surface area contributed by atoms with Crippen molar-refractivity contribution >= 4 is 6.72 Å². The lowest BCUT2D eigenvalue weighted by molar-refractivity contribution is 0.896. The number of rotatable bonds is 4. The highest BCUT2D eigenvalue weighted by Crippen LogP contribution is 2.04. The molecule has 0 aromatic carbocycles. The van der Waals surface area contributed by atoms with Gasteiger partial charge in [-0.25, -0.2) is 0 Å². The molecule has 0 radical (unpaired) electrons. The van der Waals surface area contributed by atoms with Gasteiger partial charge in [0, 0.05) is 5.70 Å². The minimum atomic E-state index is 0.996. The maximum atomic E-state index is 3.81. The van der Waals surface area contributed by atoms with E-state index < -0.39 is 0 Å². The molecule has 0 aliphatic carbocycles. The van der Waals surface area contributed by atoms with E-state index in [1.165, 1.54) is 0 Å². The number of hydrogen-bond donors (Lipinski definition) is 0. The first-order valence-corrected chi connectivity index (χ1v) is 3.13. The lowest BCUT2D eigenvalue weighted by Gasteiger charge is -1.93. The summed E-state index contributed by atoms with van der Waals surface area (Å²) in [5.41, 5.74) is 1.02. The molecule has 0 heterocycles. The molecule has 0 aromatic rings. The largest absolute Gasteiger partial charge is 0.269 e. The van der Waals surface area contributed by atoms with E-state index in [0.717, 1.165) is 18.5 Å². The first-order valence-electron chi connectivity index (χ1n) is 3.13. The average Bonchev–Trinajstić information content (AvgIpc) is 1.88. The van der Waals surface area contributed by atoms with Crippen LogP contribution in [0, 0.1) is 0 Å². The third kappa shape index (κ3) is 3.71. The second kappa shape index (κ2) is 5.29. The molecule has 0 aliphatic heterocycles. The SMILES string of the molecule is C=C/C=C(/CCC)N=C. The van der Waals surface area contributed by atoms with Crippen LogP contribution in [0.3, 0.4) is 0 Å². The second-order valence-electron chi connectivity index (χ2n) is 1.80. The molecule has 1 heteroatoms. The van der Waals surface area contributed by atoms with Gasteiger partial charge in [-0.3, -0.25) is 4.99 Å². The number of allylic oxidation sites excluding steroid dienone is 3. The van der Waals surface area contributed by atoms with Gasteiger partial charge in [0.05, 0.1) is 0 Å². The van der Waals surface area contributed by atoms with Crippen LogP contribution in [0.2, 0.25) is 0 Å². The molecule has 0 unspecified atom stereocenters. The molecule has 50 valence electrons. The lowest BCUT2D eigenvalue weighted by atomic mass is 10.2. The van der Waals surface area contributed by atoms with Crippen molar-refractivity contribution in [3.05, 3.63) is 24.4 Å². The average molecular weight is 123 g/mol. The molecule has 0 aromatic heterocycles. The van der Waals surface area contributed by atoms with Gasteiger partial charge < -0.3 is 0 Å². The summed E-state index contributed by atoms with van der Waals surface area (Å²) in [6, 6.07) is 0. The van der Waals surface area contributed by atoms with E-state index in [-0.39, 0.29) is 0 Å².